The van der Waals surface area contributed by atoms with E-state index in [0.717, 1.165) is 18.7 Å². The molecule has 0 aromatic carbocycles. The molecule has 2 heterocycles. The third-order valence-corrected chi connectivity index (χ3v) is 2.16. The first-order valence-corrected chi connectivity index (χ1v) is 4.28. The fourth-order valence-corrected chi connectivity index (χ4v) is 1.52. The molecule has 1 aliphatic rings. The predicted molar refractivity (Wildman–Crippen MR) is 44.4 cm³/mol. The lowest BCUT2D eigenvalue weighted by Gasteiger charge is -2.03. The van der Waals surface area contributed by atoms with Gasteiger partial charge in [0.25, 0.3) is 0 Å². The lowest BCUT2D eigenvalue weighted by Crippen LogP contribution is -2.13. The molecule has 4 nitrogen and oxygen atoms in total. The van der Waals surface area contributed by atoms with E-state index in [2.05, 4.69) is 10.3 Å². The van der Waals surface area contributed by atoms with Gasteiger partial charge >= 0.3 is 0 Å². The van der Waals surface area contributed by atoms with Crippen molar-refractivity contribution in [1.82, 2.24) is 10.3 Å². The molecule has 0 spiro atoms. The van der Waals surface area contributed by atoms with Gasteiger partial charge in [-0.15, -0.1) is 0 Å². The zero-order valence-electron chi connectivity index (χ0n) is 6.92. The lowest BCUT2D eigenvalue weighted by molar-refractivity contribution is 0.496. The molecular formula is C8H13N3O. The van der Waals surface area contributed by atoms with Crippen LogP contribution in [0.3, 0.4) is 0 Å². The van der Waals surface area contributed by atoms with Crippen molar-refractivity contribution in [2.75, 3.05) is 6.54 Å². The standard InChI is InChI=1S/C8H13N3O/c9-4-8-11-7(5-12-8)6-2-1-3-10-6/h5-6,10H,1-4,9H2. The van der Waals surface area contributed by atoms with Crippen LogP contribution in [0.5, 0.6) is 0 Å². The van der Waals surface area contributed by atoms with Gasteiger partial charge in [0, 0.05) is 0 Å². The third kappa shape index (κ3) is 1.35. The first kappa shape index (κ1) is 7.76. The second-order valence-corrected chi connectivity index (χ2v) is 3.02. The Labute approximate surface area is 71.2 Å². The Balaban J connectivity index is 2.11. The lowest BCUT2D eigenvalue weighted by atomic mass is 10.2. The van der Waals surface area contributed by atoms with Crippen LogP contribution in [0.4, 0.5) is 0 Å². The van der Waals surface area contributed by atoms with Crippen LogP contribution < -0.4 is 11.1 Å². The summed E-state index contributed by atoms with van der Waals surface area (Å²) in [6.07, 6.45) is 4.07. The highest BCUT2D eigenvalue weighted by atomic mass is 16.3. The maximum atomic E-state index is 5.39. The Morgan fingerprint density at radius 3 is 3.25 bits per heavy atom. The molecule has 2 rings (SSSR count). The van der Waals surface area contributed by atoms with E-state index < -0.39 is 0 Å². The minimum atomic E-state index is 0.382. The molecule has 1 aromatic heterocycles. The summed E-state index contributed by atoms with van der Waals surface area (Å²) >= 11 is 0. The summed E-state index contributed by atoms with van der Waals surface area (Å²) in [5.41, 5.74) is 6.38. The normalized spacial score (nSPS) is 23.2. The van der Waals surface area contributed by atoms with E-state index in [-0.39, 0.29) is 0 Å². The Bertz CT molecular complexity index is 253. The van der Waals surface area contributed by atoms with Gasteiger partial charge in [0.15, 0.2) is 0 Å². The highest BCUT2D eigenvalue weighted by molar-refractivity contribution is 5.04. The van der Waals surface area contributed by atoms with Crippen molar-refractivity contribution in [2.24, 2.45) is 5.73 Å². The Kier molecular flexibility index (Phi) is 2.10. The van der Waals surface area contributed by atoms with E-state index >= 15 is 0 Å². The number of hydrogen-bond donors (Lipinski definition) is 2. The van der Waals surface area contributed by atoms with Gasteiger partial charge in [-0.3, -0.25) is 0 Å². The summed E-state index contributed by atoms with van der Waals surface area (Å²) in [4.78, 5) is 4.26. The minimum Gasteiger partial charge on any atom is -0.447 e. The quantitative estimate of drug-likeness (QED) is 0.675. The average Bonchev–Trinajstić information content (AvgIpc) is 2.75. The monoisotopic (exact) mass is 167 g/mol. The van der Waals surface area contributed by atoms with Crippen molar-refractivity contribution in [3.63, 3.8) is 0 Å². The van der Waals surface area contributed by atoms with Gasteiger partial charge in [-0.25, -0.2) is 4.98 Å². The molecule has 1 atom stereocenters. The molecule has 1 aromatic rings. The predicted octanol–water partition coefficient (Wildman–Crippen LogP) is 0.558. The molecule has 4 heteroatoms. The van der Waals surface area contributed by atoms with E-state index in [4.69, 9.17) is 10.2 Å². The molecule has 0 aliphatic carbocycles. The van der Waals surface area contributed by atoms with Gasteiger partial charge in [-0.05, 0) is 19.4 Å². The van der Waals surface area contributed by atoms with Crippen LogP contribution in [0.1, 0.15) is 30.5 Å². The maximum absolute atomic E-state index is 5.39. The molecule has 0 radical (unpaired) electrons. The first-order valence-electron chi connectivity index (χ1n) is 4.28. The van der Waals surface area contributed by atoms with E-state index in [0.29, 0.717) is 18.5 Å². The molecule has 12 heavy (non-hydrogen) atoms. The molecule has 1 unspecified atom stereocenters. The smallest absolute Gasteiger partial charge is 0.208 e. The van der Waals surface area contributed by atoms with E-state index in [1.165, 1.54) is 6.42 Å². The van der Waals surface area contributed by atoms with Gasteiger partial charge in [0.05, 0.1) is 18.3 Å². The number of rotatable bonds is 2. The van der Waals surface area contributed by atoms with E-state index in [1.54, 1.807) is 6.26 Å². The van der Waals surface area contributed by atoms with Crippen LogP contribution in [0, 0.1) is 0 Å². The zero-order valence-corrected chi connectivity index (χ0v) is 6.92. The van der Waals surface area contributed by atoms with Gasteiger partial charge < -0.3 is 15.5 Å². The van der Waals surface area contributed by atoms with E-state index in [9.17, 15) is 0 Å². The fraction of sp³-hybridized carbons (Fsp3) is 0.625. The van der Waals surface area contributed by atoms with Gasteiger partial charge in [-0.1, -0.05) is 0 Å². The summed E-state index contributed by atoms with van der Waals surface area (Å²) in [6.45, 7) is 1.46. The minimum absolute atomic E-state index is 0.382. The van der Waals surface area contributed by atoms with Crippen molar-refractivity contribution < 1.29 is 4.42 Å². The largest absolute Gasteiger partial charge is 0.447 e. The number of nitrogens with one attached hydrogen (secondary N) is 1. The fourth-order valence-electron chi connectivity index (χ4n) is 1.52. The second-order valence-electron chi connectivity index (χ2n) is 3.02. The molecule has 66 valence electrons. The molecule has 3 N–H and O–H groups in total. The summed E-state index contributed by atoms with van der Waals surface area (Å²) in [7, 11) is 0. The summed E-state index contributed by atoms with van der Waals surface area (Å²) < 4.78 is 5.15. The Morgan fingerprint density at radius 2 is 2.67 bits per heavy atom. The van der Waals surface area contributed by atoms with Gasteiger partial charge in [0.1, 0.15) is 6.26 Å². The molecular weight excluding hydrogens is 154 g/mol. The average molecular weight is 167 g/mol. The van der Waals surface area contributed by atoms with Crippen molar-refractivity contribution in [3.8, 4) is 0 Å². The zero-order chi connectivity index (χ0) is 8.39. The highest BCUT2D eigenvalue weighted by Gasteiger charge is 2.19. The summed E-state index contributed by atoms with van der Waals surface area (Å²) in [5, 5.41) is 3.35. The van der Waals surface area contributed by atoms with Crippen LogP contribution in [0.15, 0.2) is 10.7 Å². The molecule has 1 fully saturated rings. The van der Waals surface area contributed by atoms with Crippen LogP contribution in [0.2, 0.25) is 0 Å². The number of hydrogen-bond acceptors (Lipinski definition) is 4. The molecule has 1 aliphatic heterocycles. The van der Waals surface area contributed by atoms with Crippen LogP contribution >= 0.6 is 0 Å². The van der Waals surface area contributed by atoms with Crippen molar-refractivity contribution in [2.45, 2.75) is 25.4 Å². The van der Waals surface area contributed by atoms with Crippen molar-refractivity contribution in [1.29, 1.82) is 0 Å². The Morgan fingerprint density at radius 1 is 1.75 bits per heavy atom. The van der Waals surface area contributed by atoms with Crippen LogP contribution in [0.25, 0.3) is 0 Å². The Hall–Kier alpha value is -0.870. The first-order chi connectivity index (χ1) is 5.90. The molecule has 0 bridgehead atoms. The maximum Gasteiger partial charge on any atom is 0.208 e. The third-order valence-electron chi connectivity index (χ3n) is 2.16. The van der Waals surface area contributed by atoms with Crippen molar-refractivity contribution in [3.05, 3.63) is 17.8 Å². The van der Waals surface area contributed by atoms with Crippen LogP contribution in [-0.4, -0.2) is 11.5 Å². The van der Waals surface area contributed by atoms with Gasteiger partial charge in [-0.2, -0.15) is 0 Å². The second kappa shape index (κ2) is 3.25. The number of nitrogens with zero attached hydrogens (tertiary/aromatic N) is 1. The molecule has 0 amide bonds. The van der Waals surface area contributed by atoms with Gasteiger partial charge in [0.2, 0.25) is 5.89 Å². The number of oxazole rings is 1. The molecule has 0 saturated carbocycles. The highest BCUT2D eigenvalue weighted by Crippen LogP contribution is 2.21. The summed E-state index contributed by atoms with van der Waals surface area (Å²) in [6, 6.07) is 0.383. The van der Waals surface area contributed by atoms with Crippen LogP contribution in [-0.2, 0) is 6.54 Å². The number of aromatic nitrogens is 1. The molecule has 1 saturated heterocycles. The number of nitrogens with two attached hydrogens (primary N) is 1. The SMILES string of the molecule is NCc1nc(C2CCCN2)co1. The topological polar surface area (TPSA) is 64.1 Å². The van der Waals surface area contributed by atoms with Crippen molar-refractivity contribution >= 4 is 0 Å². The van der Waals surface area contributed by atoms with E-state index in [1.807, 2.05) is 0 Å². The summed E-state index contributed by atoms with van der Waals surface area (Å²) in [5.74, 6) is 0.624.